The summed E-state index contributed by atoms with van der Waals surface area (Å²) >= 11 is 0. The first-order valence-corrected chi connectivity index (χ1v) is 7.50. The molecular formula is C15H15N5O2. The minimum atomic E-state index is 0.162. The molecule has 0 radical (unpaired) electrons. The number of fused-ring (bicyclic) bond motifs is 4. The normalized spacial score (nSPS) is 24.3. The molecule has 2 aromatic heterocycles. The number of hydrogen-bond donors (Lipinski definition) is 0. The second-order valence-corrected chi connectivity index (χ2v) is 5.79. The molecule has 1 saturated heterocycles. The molecule has 112 valence electrons. The molecule has 0 aliphatic carbocycles. The van der Waals surface area contributed by atoms with Crippen molar-refractivity contribution in [3.63, 3.8) is 0 Å². The molecule has 7 nitrogen and oxygen atoms in total. The van der Waals surface area contributed by atoms with E-state index in [2.05, 4.69) is 20.2 Å². The number of hydrogen-bond acceptors (Lipinski definition) is 6. The lowest BCUT2D eigenvalue weighted by Crippen LogP contribution is -2.48. The highest BCUT2D eigenvalue weighted by Crippen LogP contribution is 2.33. The average Bonchev–Trinajstić information content (AvgIpc) is 3.20. The van der Waals surface area contributed by atoms with Crippen LogP contribution in [0.1, 0.15) is 18.2 Å². The summed E-state index contributed by atoms with van der Waals surface area (Å²) in [5.74, 6) is 0. The van der Waals surface area contributed by atoms with Crippen LogP contribution in [0.5, 0.6) is 0 Å². The number of anilines is 1. The molecule has 2 atom stereocenters. The van der Waals surface area contributed by atoms with Crippen molar-refractivity contribution in [1.29, 1.82) is 0 Å². The summed E-state index contributed by atoms with van der Waals surface area (Å²) in [7, 11) is 0. The van der Waals surface area contributed by atoms with Crippen molar-refractivity contribution in [3.05, 3.63) is 36.2 Å². The number of ether oxygens (including phenoxy) is 1. The van der Waals surface area contributed by atoms with E-state index < -0.39 is 0 Å². The van der Waals surface area contributed by atoms with Gasteiger partial charge < -0.3 is 14.1 Å². The minimum Gasteiger partial charge on any atom is -0.423 e. The molecule has 2 aliphatic heterocycles. The molecule has 0 bridgehead atoms. The van der Waals surface area contributed by atoms with Crippen molar-refractivity contribution in [2.75, 3.05) is 18.0 Å². The minimum absolute atomic E-state index is 0.162. The molecule has 1 fully saturated rings. The number of aromatic nitrogens is 4. The van der Waals surface area contributed by atoms with E-state index in [0.29, 0.717) is 12.6 Å². The Kier molecular flexibility index (Phi) is 2.51. The first kappa shape index (κ1) is 12.2. The van der Waals surface area contributed by atoms with Crippen LogP contribution in [0, 0.1) is 0 Å². The number of rotatable bonds is 1. The van der Waals surface area contributed by atoms with E-state index in [1.807, 2.05) is 28.9 Å². The Hall–Kier alpha value is -2.41. The Bertz CT molecular complexity index is 793. The highest BCUT2D eigenvalue weighted by molar-refractivity contribution is 5.74. The number of para-hydroxylation sites is 2. The Morgan fingerprint density at radius 1 is 1.23 bits per heavy atom. The molecule has 0 amide bonds. The molecule has 0 unspecified atom stereocenters. The smallest absolute Gasteiger partial charge is 0.298 e. The van der Waals surface area contributed by atoms with Gasteiger partial charge in [0.15, 0.2) is 5.58 Å². The number of oxazole rings is 1. The fraction of sp³-hybridized carbons (Fsp3) is 0.400. The van der Waals surface area contributed by atoms with Crippen molar-refractivity contribution in [2.24, 2.45) is 0 Å². The Balaban J connectivity index is 1.48. The Labute approximate surface area is 126 Å². The van der Waals surface area contributed by atoms with Gasteiger partial charge in [-0.15, -0.1) is 5.10 Å². The Morgan fingerprint density at radius 2 is 2.18 bits per heavy atom. The van der Waals surface area contributed by atoms with Gasteiger partial charge in [-0.2, -0.15) is 4.98 Å². The van der Waals surface area contributed by atoms with Crippen molar-refractivity contribution in [3.8, 4) is 0 Å². The Morgan fingerprint density at radius 3 is 3.14 bits per heavy atom. The maximum absolute atomic E-state index is 5.93. The quantitative estimate of drug-likeness (QED) is 0.682. The van der Waals surface area contributed by atoms with Crippen LogP contribution in [0.25, 0.3) is 11.1 Å². The van der Waals surface area contributed by atoms with Crippen LogP contribution in [0.4, 0.5) is 6.01 Å². The summed E-state index contributed by atoms with van der Waals surface area (Å²) in [5.41, 5.74) is 2.74. The van der Waals surface area contributed by atoms with Crippen LogP contribution in [-0.2, 0) is 11.3 Å². The van der Waals surface area contributed by atoms with E-state index >= 15 is 0 Å². The van der Waals surface area contributed by atoms with Gasteiger partial charge in [-0.1, -0.05) is 17.3 Å². The summed E-state index contributed by atoms with van der Waals surface area (Å²) in [5, 5.41) is 8.22. The van der Waals surface area contributed by atoms with E-state index in [9.17, 15) is 0 Å². The molecule has 0 N–H and O–H groups in total. The van der Waals surface area contributed by atoms with Gasteiger partial charge in [0.2, 0.25) is 0 Å². The van der Waals surface area contributed by atoms with Gasteiger partial charge >= 0.3 is 0 Å². The van der Waals surface area contributed by atoms with Crippen molar-refractivity contribution in [1.82, 2.24) is 20.0 Å². The lowest BCUT2D eigenvalue weighted by molar-refractivity contribution is -0.0377. The van der Waals surface area contributed by atoms with E-state index in [1.165, 1.54) is 0 Å². The summed E-state index contributed by atoms with van der Waals surface area (Å²) < 4.78 is 13.8. The largest absolute Gasteiger partial charge is 0.423 e. The molecular weight excluding hydrogens is 282 g/mol. The van der Waals surface area contributed by atoms with E-state index in [-0.39, 0.29) is 12.1 Å². The zero-order valence-electron chi connectivity index (χ0n) is 11.9. The summed E-state index contributed by atoms with van der Waals surface area (Å²) in [6.45, 7) is 2.24. The second-order valence-electron chi connectivity index (χ2n) is 5.79. The molecule has 5 rings (SSSR count). The van der Waals surface area contributed by atoms with Gasteiger partial charge in [-0.3, -0.25) is 0 Å². The maximum atomic E-state index is 5.93. The lowest BCUT2D eigenvalue weighted by atomic mass is 10.0. The van der Waals surface area contributed by atoms with Gasteiger partial charge in [-0.25, -0.2) is 4.68 Å². The number of nitrogens with zero attached hydrogens (tertiary/aromatic N) is 5. The van der Waals surface area contributed by atoms with Crippen LogP contribution in [0.2, 0.25) is 0 Å². The summed E-state index contributed by atoms with van der Waals surface area (Å²) in [6, 6.07) is 8.67. The van der Waals surface area contributed by atoms with Gasteiger partial charge in [0.25, 0.3) is 6.01 Å². The van der Waals surface area contributed by atoms with E-state index in [0.717, 1.165) is 36.3 Å². The summed E-state index contributed by atoms with van der Waals surface area (Å²) in [4.78, 5) is 6.76. The van der Waals surface area contributed by atoms with Gasteiger partial charge in [0.1, 0.15) is 5.52 Å². The molecule has 0 spiro atoms. The first-order valence-electron chi connectivity index (χ1n) is 7.50. The van der Waals surface area contributed by atoms with Crippen LogP contribution < -0.4 is 4.90 Å². The van der Waals surface area contributed by atoms with Crippen molar-refractivity contribution < 1.29 is 9.15 Å². The van der Waals surface area contributed by atoms with Gasteiger partial charge in [-0.05, 0) is 18.6 Å². The predicted molar refractivity (Wildman–Crippen MR) is 78.5 cm³/mol. The van der Waals surface area contributed by atoms with Crippen LogP contribution in [-0.4, -0.2) is 39.2 Å². The van der Waals surface area contributed by atoms with E-state index in [1.54, 1.807) is 6.20 Å². The predicted octanol–water partition coefficient (Wildman–Crippen LogP) is 1.77. The highest BCUT2D eigenvalue weighted by Gasteiger charge is 2.37. The maximum Gasteiger partial charge on any atom is 0.298 e. The molecule has 22 heavy (non-hydrogen) atoms. The third-order valence-corrected chi connectivity index (χ3v) is 4.48. The number of benzene rings is 1. The first-order chi connectivity index (χ1) is 10.9. The fourth-order valence-corrected chi connectivity index (χ4v) is 3.35. The van der Waals surface area contributed by atoms with Crippen LogP contribution >= 0.6 is 0 Å². The molecule has 0 saturated carbocycles. The molecule has 7 heteroatoms. The fourth-order valence-electron chi connectivity index (χ4n) is 3.35. The number of piperidine rings is 1. The zero-order valence-corrected chi connectivity index (χ0v) is 11.9. The third kappa shape index (κ3) is 1.75. The van der Waals surface area contributed by atoms with Gasteiger partial charge in [0.05, 0.1) is 30.6 Å². The standard InChI is InChI=1S/C15H15N5O2/c1-2-4-13-11(3-1)17-15(22-13)19-6-5-14-12(8-19)20-10(9-21-14)7-16-18-20/h1-4,7,12,14H,5-6,8-9H2/t12-,14-/m0/s1. The molecule has 1 aromatic carbocycles. The topological polar surface area (TPSA) is 69.2 Å². The van der Waals surface area contributed by atoms with Crippen molar-refractivity contribution in [2.45, 2.75) is 25.2 Å². The molecule has 4 heterocycles. The summed E-state index contributed by atoms with van der Waals surface area (Å²) in [6.07, 6.45) is 2.90. The monoisotopic (exact) mass is 297 g/mol. The lowest BCUT2D eigenvalue weighted by Gasteiger charge is -2.40. The van der Waals surface area contributed by atoms with E-state index in [4.69, 9.17) is 9.15 Å². The SMILES string of the molecule is c1ccc2oc(N3CC[C@@H]4OCc5cnnn5[C@H]4C3)nc2c1. The third-order valence-electron chi connectivity index (χ3n) is 4.48. The van der Waals surface area contributed by atoms with Crippen LogP contribution in [0.3, 0.4) is 0 Å². The molecule has 3 aromatic rings. The van der Waals surface area contributed by atoms with Crippen molar-refractivity contribution >= 4 is 17.1 Å². The van der Waals surface area contributed by atoms with Gasteiger partial charge in [0, 0.05) is 13.1 Å². The highest BCUT2D eigenvalue weighted by atomic mass is 16.5. The zero-order chi connectivity index (χ0) is 14.5. The second kappa shape index (κ2) is 4.54. The average molecular weight is 297 g/mol. The molecule has 2 aliphatic rings. The van der Waals surface area contributed by atoms with Crippen LogP contribution in [0.15, 0.2) is 34.9 Å².